The summed E-state index contributed by atoms with van der Waals surface area (Å²) in [5.41, 5.74) is 2.17. The molecule has 1 amide bonds. The summed E-state index contributed by atoms with van der Waals surface area (Å²) in [6.45, 7) is 3.75. The zero-order valence-electron chi connectivity index (χ0n) is 12.4. The Kier molecular flexibility index (Phi) is 5.98. The first-order valence-corrected chi connectivity index (χ1v) is 7.36. The van der Waals surface area contributed by atoms with Crippen LogP contribution in [0.2, 0.25) is 0 Å². The van der Waals surface area contributed by atoms with Crippen LogP contribution in [-0.2, 0) is 4.79 Å². The first kappa shape index (κ1) is 15.3. The second-order valence-corrected chi connectivity index (χ2v) is 5.18. The third kappa shape index (κ3) is 5.40. The van der Waals surface area contributed by atoms with Crippen molar-refractivity contribution in [3.63, 3.8) is 0 Å². The van der Waals surface area contributed by atoms with Crippen LogP contribution >= 0.6 is 0 Å². The second kappa shape index (κ2) is 8.22. The molecule has 3 nitrogen and oxygen atoms in total. The van der Waals surface area contributed by atoms with Gasteiger partial charge in [0.25, 0.3) is 0 Å². The van der Waals surface area contributed by atoms with Crippen molar-refractivity contribution in [2.45, 2.75) is 19.3 Å². The molecule has 0 fully saturated rings. The third-order valence-corrected chi connectivity index (χ3v) is 3.41. The second-order valence-electron chi connectivity index (χ2n) is 5.18. The van der Waals surface area contributed by atoms with E-state index in [9.17, 15) is 4.79 Å². The van der Waals surface area contributed by atoms with E-state index in [1.807, 2.05) is 36.4 Å². The van der Waals surface area contributed by atoms with Gasteiger partial charge in [0.2, 0.25) is 5.91 Å². The van der Waals surface area contributed by atoms with Gasteiger partial charge >= 0.3 is 0 Å². The quantitative estimate of drug-likeness (QED) is 0.764. The third-order valence-electron chi connectivity index (χ3n) is 3.41. The molecule has 2 rings (SSSR count). The molecule has 3 heteroatoms. The van der Waals surface area contributed by atoms with Gasteiger partial charge in [0.05, 0.1) is 0 Å². The molecule has 0 radical (unpaired) electrons. The van der Waals surface area contributed by atoms with Crippen LogP contribution < -0.4 is 10.6 Å². The number of benzene rings is 2. The largest absolute Gasteiger partial charge is 0.326 e. The molecule has 0 heterocycles. The van der Waals surface area contributed by atoms with Crippen molar-refractivity contribution in [3.8, 4) is 0 Å². The van der Waals surface area contributed by atoms with Gasteiger partial charge in [-0.3, -0.25) is 4.79 Å². The highest BCUT2D eigenvalue weighted by molar-refractivity contribution is 5.90. The van der Waals surface area contributed by atoms with Gasteiger partial charge in [-0.25, -0.2) is 0 Å². The number of hydrogen-bond donors (Lipinski definition) is 2. The van der Waals surface area contributed by atoms with Crippen molar-refractivity contribution in [1.82, 2.24) is 5.32 Å². The highest BCUT2D eigenvalue weighted by Gasteiger charge is 2.05. The number of nitrogens with one attached hydrogen (secondary N) is 2. The van der Waals surface area contributed by atoms with Crippen LogP contribution in [0.4, 0.5) is 5.69 Å². The van der Waals surface area contributed by atoms with Crippen molar-refractivity contribution >= 4 is 11.6 Å². The molecule has 110 valence electrons. The number of anilines is 1. The Morgan fingerprint density at radius 1 is 1.00 bits per heavy atom. The number of carbonyl (C=O) groups excluding carboxylic acids is 1. The van der Waals surface area contributed by atoms with E-state index in [-0.39, 0.29) is 5.91 Å². The van der Waals surface area contributed by atoms with E-state index in [1.54, 1.807) is 0 Å². The van der Waals surface area contributed by atoms with Gasteiger partial charge in [0, 0.05) is 25.2 Å². The minimum Gasteiger partial charge on any atom is -0.326 e. The zero-order chi connectivity index (χ0) is 14.9. The predicted octanol–water partition coefficient (Wildman–Crippen LogP) is 3.41. The first-order valence-electron chi connectivity index (χ1n) is 7.36. The summed E-state index contributed by atoms with van der Waals surface area (Å²) in [7, 11) is 0. The number of amides is 1. The monoisotopic (exact) mass is 282 g/mol. The molecule has 0 aliphatic heterocycles. The van der Waals surface area contributed by atoms with Crippen LogP contribution in [-0.4, -0.2) is 19.0 Å². The van der Waals surface area contributed by atoms with Gasteiger partial charge in [-0.15, -0.1) is 0 Å². The van der Waals surface area contributed by atoms with Gasteiger partial charge in [-0.2, -0.15) is 0 Å². The fraction of sp³-hybridized carbons (Fsp3) is 0.278. The summed E-state index contributed by atoms with van der Waals surface area (Å²) in [5.74, 6) is 0.490. The number of rotatable bonds is 7. The first-order chi connectivity index (χ1) is 10.3. The summed E-state index contributed by atoms with van der Waals surface area (Å²) in [5, 5.41) is 6.22. The molecule has 0 aromatic heterocycles. The van der Waals surface area contributed by atoms with Crippen molar-refractivity contribution in [2.24, 2.45) is 0 Å². The summed E-state index contributed by atoms with van der Waals surface area (Å²) >= 11 is 0. The number of carbonyl (C=O) groups is 1. The van der Waals surface area contributed by atoms with Gasteiger partial charge in [0.1, 0.15) is 0 Å². The number of para-hydroxylation sites is 1. The van der Waals surface area contributed by atoms with Gasteiger partial charge < -0.3 is 10.6 Å². The zero-order valence-corrected chi connectivity index (χ0v) is 12.4. The van der Waals surface area contributed by atoms with E-state index in [4.69, 9.17) is 0 Å². The average Bonchev–Trinajstić information content (AvgIpc) is 2.53. The van der Waals surface area contributed by atoms with E-state index >= 15 is 0 Å². The molecule has 1 atom stereocenters. The molecule has 0 saturated carbocycles. The number of hydrogen-bond acceptors (Lipinski definition) is 2. The molecular weight excluding hydrogens is 260 g/mol. The summed E-state index contributed by atoms with van der Waals surface area (Å²) in [4.78, 5) is 11.8. The van der Waals surface area contributed by atoms with E-state index in [0.29, 0.717) is 18.9 Å². The molecule has 2 N–H and O–H groups in total. The molecular formula is C18H22N2O. The van der Waals surface area contributed by atoms with E-state index in [0.717, 1.165) is 12.2 Å². The average molecular weight is 282 g/mol. The van der Waals surface area contributed by atoms with E-state index in [2.05, 4.69) is 41.8 Å². The molecule has 0 aliphatic carbocycles. The van der Waals surface area contributed by atoms with Crippen molar-refractivity contribution in [1.29, 1.82) is 0 Å². The Morgan fingerprint density at radius 3 is 2.29 bits per heavy atom. The lowest BCUT2D eigenvalue weighted by molar-refractivity contribution is -0.116. The van der Waals surface area contributed by atoms with Crippen molar-refractivity contribution in [3.05, 3.63) is 66.2 Å². The summed E-state index contributed by atoms with van der Waals surface area (Å²) in [6.07, 6.45) is 0.483. The Morgan fingerprint density at radius 2 is 1.62 bits per heavy atom. The Bertz CT molecular complexity index is 540. The predicted molar refractivity (Wildman–Crippen MR) is 87.4 cm³/mol. The lowest BCUT2D eigenvalue weighted by Gasteiger charge is -2.13. The van der Waals surface area contributed by atoms with Crippen LogP contribution in [0.3, 0.4) is 0 Å². The van der Waals surface area contributed by atoms with Crippen LogP contribution in [0.5, 0.6) is 0 Å². The molecule has 1 unspecified atom stereocenters. The Hall–Kier alpha value is -2.13. The van der Waals surface area contributed by atoms with Gasteiger partial charge in [0.15, 0.2) is 0 Å². The minimum atomic E-state index is 0.0427. The maximum Gasteiger partial charge on any atom is 0.225 e. The maximum atomic E-state index is 11.8. The van der Waals surface area contributed by atoms with Gasteiger partial charge in [-0.05, 0) is 23.6 Å². The highest BCUT2D eigenvalue weighted by Crippen LogP contribution is 2.12. The maximum absolute atomic E-state index is 11.8. The van der Waals surface area contributed by atoms with Gasteiger partial charge in [-0.1, -0.05) is 55.5 Å². The molecule has 21 heavy (non-hydrogen) atoms. The molecule has 0 bridgehead atoms. The molecule has 0 saturated heterocycles. The highest BCUT2D eigenvalue weighted by atomic mass is 16.1. The fourth-order valence-corrected chi connectivity index (χ4v) is 2.16. The van der Waals surface area contributed by atoms with Crippen LogP contribution in [0.15, 0.2) is 60.7 Å². The molecule has 0 aliphatic rings. The minimum absolute atomic E-state index is 0.0427. The molecule has 2 aromatic carbocycles. The summed E-state index contributed by atoms with van der Waals surface area (Å²) < 4.78 is 0. The van der Waals surface area contributed by atoms with Crippen molar-refractivity contribution in [2.75, 3.05) is 18.4 Å². The Balaban J connectivity index is 1.64. The lowest BCUT2D eigenvalue weighted by Crippen LogP contribution is -2.25. The molecule has 2 aromatic rings. The van der Waals surface area contributed by atoms with E-state index < -0.39 is 0 Å². The van der Waals surface area contributed by atoms with Crippen molar-refractivity contribution < 1.29 is 4.79 Å². The van der Waals surface area contributed by atoms with Crippen LogP contribution in [0.1, 0.15) is 24.8 Å². The Labute approximate surface area is 126 Å². The SMILES string of the molecule is CC(CNCCC(=O)Nc1ccccc1)c1ccccc1. The smallest absolute Gasteiger partial charge is 0.225 e. The molecule has 0 spiro atoms. The van der Waals surface area contributed by atoms with Crippen LogP contribution in [0.25, 0.3) is 0 Å². The van der Waals surface area contributed by atoms with Crippen LogP contribution in [0, 0.1) is 0 Å². The fourth-order valence-electron chi connectivity index (χ4n) is 2.16. The lowest BCUT2D eigenvalue weighted by atomic mass is 10.0. The standard InChI is InChI=1S/C18H22N2O/c1-15(16-8-4-2-5-9-16)14-19-13-12-18(21)20-17-10-6-3-7-11-17/h2-11,15,19H,12-14H2,1H3,(H,20,21). The topological polar surface area (TPSA) is 41.1 Å². The summed E-state index contributed by atoms with van der Waals surface area (Å²) in [6, 6.07) is 19.9. The van der Waals surface area contributed by atoms with E-state index in [1.165, 1.54) is 5.56 Å². The normalized spacial score (nSPS) is 11.9.